The van der Waals surface area contributed by atoms with E-state index < -0.39 is 0 Å². The van der Waals surface area contributed by atoms with Crippen molar-refractivity contribution in [3.05, 3.63) is 48.0 Å². The van der Waals surface area contributed by atoms with Crippen LogP contribution in [-0.4, -0.2) is 48.9 Å². The number of hydrogen-bond donors (Lipinski definition) is 2. The molecule has 0 saturated carbocycles. The molecule has 4 rings (SSSR count). The molecule has 5 nitrogen and oxygen atoms in total. The van der Waals surface area contributed by atoms with E-state index in [-0.39, 0.29) is 23.8 Å². The molecule has 0 spiro atoms. The maximum absolute atomic E-state index is 13.1. The first-order valence-electron chi connectivity index (χ1n) is 10.4. The number of carbonyl (C=O) groups excluding carboxylic acids is 2. The van der Waals surface area contributed by atoms with Gasteiger partial charge in [-0.3, -0.25) is 9.59 Å². The zero-order valence-corrected chi connectivity index (χ0v) is 16.5. The molecule has 2 unspecified atom stereocenters. The van der Waals surface area contributed by atoms with Crippen LogP contribution in [0.5, 0.6) is 0 Å². The van der Waals surface area contributed by atoms with E-state index in [0.717, 1.165) is 48.7 Å². The number of amides is 2. The Morgan fingerprint density at radius 2 is 1.79 bits per heavy atom. The van der Waals surface area contributed by atoms with Crippen LogP contribution in [0.15, 0.2) is 42.5 Å². The van der Waals surface area contributed by atoms with Gasteiger partial charge < -0.3 is 15.5 Å². The third-order valence-corrected chi connectivity index (χ3v) is 6.29. The lowest BCUT2D eigenvalue weighted by atomic mass is 9.91. The second kappa shape index (κ2) is 8.31. The van der Waals surface area contributed by atoms with Gasteiger partial charge in [-0.25, -0.2) is 0 Å². The fourth-order valence-corrected chi connectivity index (χ4v) is 4.46. The highest BCUT2D eigenvalue weighted by molar-refractivity contribution is 6.07. The maximum Gasteiger partial charge on any atom is 0.254 e. The molecule has 2 aromatic rings. The van der Waals surface area contributed by atoms with Crippen LogP contribution in [0.3, 0.4) is 0 Å². The molecule has 2 aliphatic rings. The monoisotopic (exact) mass is 379 g/mol. The number of likely N-dealkylation sites (tertiary alicyclic amines) is 1. The molecule has 2 heterocycles. The Morgan fingerprint density at radius 1 is 1.04 bits per heavy atom. The third-order valence-electron chi connectivity index (χ3n) is 6.29. The zero-order valence-electron chi connectivity index (χ0n) is 16.5. The van der Waals surface area contributed by atoms with Crippen LogP contribution in [0.25, 0.3) is 10.8 Å². The highest BCUT2D eigenvalue weighted by Crippen LogP contribution is 2.24. The number of nitrogens with one attached hydrogen (secondary N) is 2. The van der Waals surface area contributed by atoms with Crippen LogP contribution in [0.2, 0.25) is 0 Å². The molecular formula is C23H29N3O2. The van der Waals surface area contributed by atoms with Crippen molar-refractivity contribution < 1.29 is 9.59 Å². The molecule has 2 saturated heterocycles. The summed E-state index contributed by atoms with van der Waals surface area (Å²) in [5.41, 5.74) is 0.754. The lowest BCUT2D eigenvalue weighted by molar-refractivity contribution is -0.127. The molecule has 2 fully saturated rings. The molecule has 0 radical (unpaired) electrons. The summed E-state index contributed by atoms with van der Waals surface area (Å²) < 4.78 is 0. The van der Waals surface area contributed by atoms with E-state index in [2.05, 4.69) is 17.6 Å². The minimum Gasteiger partial charge on any atom is -0.353 e. The molecule has 148 valence electrons. The Morgan fingerprint density at radius 3 is 2.57 bits per heavy atom. The molecule has 0 bridgehead atoms. The van der Waals surface area contributed by atoms with E-state index in [4.69, 9.17) is 0 Å². The normalized spacial score (nSPS) is 23.5. The summed E-state index contributed by atoms with van der Waals surface area (Å²) in [5.74, 6) is 0.711. The predicted octanol–water partition coefficient (Wildman–Crippen LogP) is 2.81. The highest BCUT2D eigenvalue weighted by atomic mass is 16.2. The first kappa shape index (κ1) is 18.9. The van der Waals surface area contributed by atoms with Gasteiger partial charge in [0.15, 0.2) is 0 Å². The number of carbonyl (C=O) groups is 2. The average molecular weight is 380 g/mol. The summed E-state index contributed by atoms with van der Waals surface area (Å²) in [6.45, 7) is 5.39. The van der Waals surface area contributed by atoms with E-state index in [0.29, 0.717) is 19.0 Å². The average Bonchev–Trinajstić information content (AvgIpc) is 2.74. The van der Waals surface area contributed by atoms with Crippen molar-refractivity contribution in [3.8, 4) is 0 Å². The SMILES string of the molecule is CC1CNCCC1NC(=O)C1CCN(C(=O)c2cccc3ccccc23)CC1. The van der Waals surface area contributed by atoms with Gasteiger partial charge in [0.05, 0.1) is 0 Å². The molecule has 2 N–H and O–H groups in total. The van der Waals surface area contributed by atoms with Gasteiger partial charge in [0.2, 0.25) is 5.91 Å². The highest BCUT2D eigenvalue weighted by Gasteiger charge is 2.31. The van der Waals surface area contributed by atoms with E-state index in [1.807, 2.05) is 47.4 Å². The van der Waals surface area contributed by atoms with Crippen molar-refractivity contribution in [1.82, 2.24) is 15.5 Å². The van der Waals surface area contributed by atoms with Crippen LogP contribution >= 0.6 is 0 Å². The van der Waals surface area contributed by atoms with Gasteiger partial charge in [-0.2, -0.15) is 0 Å². The lowest BCUT2D eigenvalue weighted by Crippen LogP contribution is -2.51. The number of nitrogens with zero attached hydrogens (tertiary/aromatic N) is 1. The van der Waals surface area contributed by atoms with Crippen molar-refractivity contribution in [2.45, 2.75) is 32.2 Å². The van der Waals surface area contributed by atoms with Gasteiger partial charge in [-0.15, -0.1) is 0 Å². The lowest BCUT2D eigenvalue weighted by Gasteiger charge is -2.34. The Labute approximate surface area is 166 Å². The minimum atomic E-state index is 0.0126. The summed E-state index contributed by atoms with van der Waals surface area (Å²) in [6.07, 6.45) is 2.47. The minimum absolute atomic E-state index is 0.0126. The van der Waals surface area contributed by atoms with Gasteiger partial charge in [0, 0.05) is 30.6 Å². The van der Waals surface area contributed by atoms with E-state index in [1.54, 1.807) is 0 Å². The molecule has 28 heavy (non-hydrogen) atoms. The Balaban J connectivity index is 1.37. The number of rotatable bonds is 3. The summed E-state index contributed by atoms with van der Waals surface area (Å²) in [6, 6.07) is 14.1. The van der Waals surface area contributed by atoms with E-state index >= 15 is 0 Å². The van der Waals surface area contributed by atoms with Crippen molar-refractivity contribution >= 4 is 22.6 Å². The zero-order chi connectivity index (χ0) is 19.5. The molecule has 0 aliphatic carbocycles. The smallest absolute Gasteiger partial charge is 0.254 e. The van der Waals surface area contributed by atoms with Gasteiger partial charge in [-0.05, 0) is 55.1 Å². The van der Waals surface area contributed by atoms with Gasteiger partial charge >= 0.3 is 0 Å². The summed E-state index contributed by atoms with van der Waals surface area (Å²) in [4.78, 5) is 27.7. The van der Waals surface area contributed by atoms with E-state index in [9.17, 15) is 9.59 Å². The molecule has 2 atom stereocenters. The maximum atomic E-state index is 13.1. The van der Waals surface area contributed by atoms with Crippen LogP contribution in [0.1, 0.15) is 36.5 Å². The summed E-state index contributed by atoms with van der Waals surface area (Å²) >= 11 is 0. The number of hydrogen-bond acceptors (Lipinski definition) is 3. The molecule has 0 aromatic heterocycles. The molecular weight excluding hydrogens is 350 g/mol. The van der Waals surface area contributed by atoms with Crippen LogP contribution < -0.4 is 10.6 Å². The fourth-order valence-electron chi connectivity index (χ4n) is 4.46. The van der Waals surface area contributed by atoms with Gasteiger partial charge in [0.25, 0.3) is 5.91 Å². The fraction of sp³-hybridized carbons (Fsp3) is 0.478. The van der Waals surface area contributed by atoms with Crippen LogP contribution in [0, 0.1) is 11.8 Å². The molecule has 2 amide bonds. The second-order valence-corrected chi connectivity index (χ2v) is 8.18. The molecule has 2 aliphatic heterocycles. The van der Waals surface area contributed by atoms with Crippen molar-refractivity contribution in [2.75, 3.05) is 26.2 Å². The van der Waals surface area contributed by atoms with Gasteiger partial charge in [-0.1, -0.05) is 43.3 Å². The van der Waals surface area contributed by atoms with Crippen LogP contribution in [0.4, 0.5) is 0 Å². The number of benzene rings is 2. The number of fused-ring (bicyclic) bond motifs is 1. The molecule has 5 heteroatoms. The Kier molecular flexibility index (Phi) is 5.62. The predicted molar refractivity (Wildman–Crippen MR) is 111 cm³/mol. The van der Waals surface area contributed by atoms with Gasteiger partial charge in [0.1, 0.15) is 0 Å². The second-order valence-electron chi connectivity index (χ2n) is 8.18. The summed E-state index contributed by atoms with van der Waals surface area (Å²) in [7, 11) is 0. The Hall–Kier alpha value is -2.40. The topological polar surface area (TPSA) is 61.4 Å². The molecule has 2 aromatic carbocycles. The van der Waals surface area contributed by atoms with Crippen molar-refractivity contribution in [3.63, 3.8) is 0 Å². The first-order valence-corrected chi connectivity index (χ1v) is 10.4. The van der Waals surface area contributed by atoms with Crippen molar-refractivity contribution in [2.24, 2.45) is 11.8 Å². The Bertz CT molecular complexity index is 853. The summed E-state index contributed by atoms with van der Waals surface area (Å²) in [5, 5.41) is 8.70. The number of piperidine rings is 2. The first-order chi connectivity index (χ1) is 13.6. The standard InChI is InChI=1S/C23H29N3O2/c1-16-15-24-12-9-21(16)25-22(27)18-10-13-26(14-11-18)23(28)20-8-4-6-17-5-2-3-7-19(17)20/h2-8,16,18,21,24H,9-15H2,1H3,(H,25,27). The van der Waals surface area contributed by atoms with E-state index in [1.165, 1.54) is 0 Å². The largest absolute Gasteiger partial charge is 0.353 e. The third kappa shape index (κ3) is 3.90. The quantitative estimate of drug-likeness (QED) is 0.862. The van der Waals surface area contributed by atoms with Crippen LogP contribution in [-0.2, 0) is 4.79 Å². The van der Waals surface area contributed by atoms with Crippen molar-refractivity contribution in [1.29, 1.82) is 0 Å².